The highest BCUT2D eigenvalue weighted by molar-refractivity contribution is 9.10. The summed E-state index contributed by atoms with van der Waals surface area (Å²) in [5, 5.41) is 3.89. The molecule has 2 N–H and O–H groups in total. The van der Waals surface area contributed by atoms with Crippen molar-refractivity contribution in [1.82, 2.24) is 4.98 Å². The molecule has 0 unspecified atom stereocenters. The summed E-state index contributed by atoms with van der Waals surface area (Å²) in [4.78, 5) is 3.40. The average molecular weight is 317 g/mol. The maximum Gasteiger partial charge on any atom is 0.267 e. The molecule has 0 aliphatic carbocycles. The summed E-state index contributed by atoms with van der Waals surface area (Å²) in [6.45, 7) is 0. The Hall–Kier alpha value is -0.800. The summed E-state index contributed by atoms with van der Waals surface area (Å²) in [6.07, 6.45) is -3.01. The first kappa shape index (κ1) is 13.3. The van der Waals surface area contributed by atoms with Gasteiger partial charge in [0.2, 0.25) is 5.88 Å². The molecule has 0 radical (unpaired) electrons. The molecule has 0 aliphatic rings. The number of alkyl halides is 2. The van der Waals surface area contributed by atoms with Gasteiger partial charge < -0.3 is 4.74 Å². The number of pyridine rings is 1. The lowest BCUT2D eigenvalue weighted by atomic mass is 10.3. The molecule has 1 aromatic rings. The lowest BCUT2D eigenvalue weighted by Crippen LogP contribution is -2.17. The highest BCUT2D eigenvalue weighted by atomic mass is 79.9. The van der Waals surface area contributed by atoms with E-state index in [2.05, 4.69) is 25.7 Å². The van der Waals surface area contributed by atoms with Crippen LogP contribution in [0.25, 0.3) is 0 Å². The standard InChI is InChI=1S/C7H7BrF2N2O3S/c1-15-4-2-3(8)5(6(9)10)7(12-4)16(11,13)14/h2,6H,1H3,(H2,11,13,14). The number of sulfonamides is 1. The molecule has 0 amide bonds. The van der Waals surface area contributed by atoms with Crippen molar-refractivity contribution in [3.05, 3.63) is 16.1 Å². The Bertz CT molecular complexity index is 507. The predicted molar refractivity (Wildman–Crippen MR) is 54.8 cm³/mol. The first-order valence-electron chi connectivity index (χ1n) is 3.82. The zero-order valence-electron chi connectivity index (χ0n) is 7.95. The van der Waals surface area contributed by atoms with E-state index in [9.17, 15) is 17.2 Å². The molecule has 1 heterocycles. The van der Waals surface area contributed by atoms with Crippen molar-refractivity contribution in [3.63, 3.8) is 0 Å². The quantitative estimate of drug-likeness (QED) is 0.914. The number of nitrogens with zero attached hydrogens (tertiary/aromatic N) is 1. The predicted octanol–water partition coefficient (Wildman–Crippen LogP) is 1.44. The van der Waals surface area contributed by atoms with Gasteiger partial charge in [-0.3, -0.25) is 0 Å². The van der Waals surface area contributed by atoms with Crippen LogP contribution in [0.1, 0.15) is 12.0 Å². The minimum Gasteiger partial charge on any atom is -0.481 e. The van der Waals surface area contributed by atoms with Gasteiger partial charge in [0.25, 0.3) is 16.4 Å². The van der Waals surface area contributed by atoms with E-state index in [0.717, 1.165) is 6.07 Å². The van der Waals surface area contributed by atoms with E-state index in [4.69, 9.17) is 5.14 Å². The largest absolute Gasteiger partial charge is 0.481 e. The van der Waals surface area contributed by atoms with Crippen LogP contribution in [0.2, 0.25) is 0 Å². The number of halogens is 3. The van der Waals surface area contributed by atoms with E-state index in [1.807, 2.05) is 0 Å². The highest BCUT2D eigenvalue weighted by Crippen LogP contribution is 2.33. The zero-order chi connectivity index (χ0) is 12.5. The molecule has 0 atom stereocenters. The molecule has 5 nitrogen and oxygen atoms in total. The number of nitrogens with two attached hydrogens (primary N) is 1. The lowest BCUT2D eigenvalue weighted by Gasteiger charge is -2.10. The summed E-state index contributed by atoms with van der Waals surface area (Å²) in [6, 6.07) is 1.14. The van der Waals surface area contributed by atoms with Crippen molar-refractivity contribution in [1.29, 1.82) is 0 Å². The van der Waals surface area contributed by atoms with Crippen molar-refractivity contribution in [2.24, 2.45) is 5.14 Å². The van der Waals surface area contributed by atoms with Crippen molar-refractivity contribution >= 4 is 26.0 Å². The van der Waals surface area contributed by atoms with Crippen molar-refractivity contribution in [2.45, 2.75) is 11.5 Å². The first-order valence-corrected chi connectivity index (χ1v) is 6.16. The Balaban J connectivity index is 3.60. The molecular formula is C7H7BrF2N2O3S. The fraction of sp³-hybridized carbons (Fsp3) is 0.286. The van der Waals surface area contributed by atoms with Crippen molar-refractivity contribution < 1.29 is 21.9 Å². The summed E-state index contributed by atoms with van der Waals surface area (Å²) in [5.41, 5.74) is -0.775. The number of ether oxygens (including phenoxy) is 1. The molecule has 0 bridgehead atoms. The molecule has 0 spiro atoms. The van der Waals surface area contributed by atoms with Gasteiger partial charge in [-0.1, -0.05) is 15.9 Å². The molecule has 1 rings (SSSR count). The van der Waals surface area contributed by atoms with E-state index in [0.29, 0.717) is 0 Å². The number of aromatic nitrogens is 1. The molecule has 0 aromatic carbocycles. The van der Waals surface area contributed by atoms with Crippen LogP contribution in [0.5, 0.6) is 5.88 Å². The molecule has 9 heteroatoms. The highest BCUT2D eigenvalue weighted by Gasteiger charge is 2.26. The van der Waals surface area contributed by atoms with E-state index in [1.165, 1.54) is 7.11 Å². The second-order valence-corrected chi connectivity index (χ2v) is 5.04. The van der Waals surface area contributed by atoms with Crippen LogP contribution < -0.4 is 9.88 Å². The van der Waals surface area contributed by atoms with Gasteiger partial charge in [-0.15, -0.1) is 0 Å². The fourth-order valence-electron chi connectivity index (χ4n) is 1.000. The molecule has 1 aromatic heterocycles. The van der Waals surface area contributed by atoms with Gasteiger partial charge >= 0.3 is 0 Å². The lowest BCUT2D eigenvalue weighted by molar-refractivity contribution is 0.145. The Morgan fingerprint density at radius 1 is 1.56 bits per heavy atom. The minimum atomic E-state index is -4.33. The number of primary sulfonamides is 1. The Labute approximate surface area is 98.8 Å². The summed E-state index contributed by atoms with van der Waals surface area (Å²) in [7, 11) is -3.11. The summed E-state index contributed by atoms with van der Waals surface area (Å²) < 4.78 is 51.9. The first-order chi connectivity index (χ1) is 7.27. The average Bonchev–Trinajstić information content (AvgIpc) is 2.14. The van der Waals surface area contributed by atoms with E-state index >= 15 is 0 Å². The molecule has 0 aliphatic heterocycles. The Morgan fingerprint density at radius 2 is 2.12 bits per heavy atom. The monoisotopic (exact) mass is 316 g/mol. The molecule has 0 fully saturated rings. The Kier molecular flexibility index (Phi) is 3.81. The number of hydrogen-bond donors (Lipinski definition) is 1. The van der Waals surface area contributed by atoms with Crippen LogP contribution in [0.4, 0.5) is 8.78 Å². The van der Waals surface area contributed by atoms with E-state index in [1.54, 1.807) is 0 Å². The van der Waals surface area contributed by atoms with Gasteiger partial charge in [0.15, 0.2) is 5.03 Å². The molecule has 16 heavy (non-hydrogen) atoms. The second kappa shape index (κ2) is 4.60. The van der Waals surface area contributed by atoms with Gasteiger partial charge in [0, 0.05) is 10.5 Å². The van der Waals surface area contributed by atoms with Gasteiger partial charge in [-0.2, -0.15) is 4.98 Å². The molecule has 0 saturated heterocycles. The number of rotatable bonds is 3. The third-order valence-corrected chi connectivity index (χ3v) is 3.15. The normalized spacial score (nSPS) is 11.9. The van der Waals surface area contributed by atoms with Gasteiger partial charge in [-0.25, -0.2) is 22.3 Å². The molecule has 90 valence electrons. The van der Waals surface area contributed by atoms with Gasteiger partial charge in [0.05, 0.1) is 12.7 Å². The van der Waals surface area contributed by atoms with Crippen LogP contribution >= 0.6 is 15.9 Å². The van der Waals surface area contributed by atoms with Crippen LogP contribution in [0.3, 0.4) is 0 Å². The summed E-state index contributed by atoms with van der Waals surface area (Å²) >= 11 is 2.81. The summed E-state index contributed by atoms with van der Waals surface area (Å²) in [5.74, 6) is -0.125. The third kappa shape index (κ3) is 2.66. The van der Waals surface area contributed by atoms with Gasteiger partial charge in [-0.05, 0) is 0 Å². The fourth-order valence-corrected chi connectivity index (χ4v) is 2.41. The molecular weight excluding hydrogens is 310 g/mol. The van der Waals surface area contributed by atoms with Crippen molar-refractivity contribution in [2.75, 3.05) is 7.11 Å². The third-order valence-electron chi connectivity index (χ3n) is 1.65. The number of hydrogen-bond acceptors (Lipinski definition) is 4. The minimum absolute atomic E-state index is 0.125. The van der Waals surface area contributed by atoms with Crippen molar-refractivity contribution in [3.8, 4) is 5.88 Å². The molecule has 0 saturated carbocycles. The maximum absolute atomic E-state index is 12.6. The van der Waals surface area contributed by atoms with E-state index < -0.39 is 27.0 Å². The Morgan fingerprint density at radius 3 is 2.50 bits per heavy atom. The second-order valence-electron chi connectivity index (χ2n) is 2.71. The van der Waals surface area contributed by atoms with Crippen LogP contribution in [-0.4, -0.2) is 20.5 Å². The van der Waals surface area contributed by atoms with Gasteiger partial charge in [0.1, 0.15) is 0 Å². The maximum atomic E-state index is 12.6. The topological polar surface area (TPSA) is 82.3 Å². The van der Waals surface area contributed by atoms with E-state index in [-0.39, 0.29) is 10.4 Å². The van der Waals surface area contributed by atoms with Crippen LogP contribution in [-0.2, 0) is 10.0 Å². The zero-order valence-corrected chi connectivity index (χ0v) is 10.3. The number of methoxy groups -OCH3 is 1. The SMILES string of the molecule is COc1cc(Br)c(C(F)F)c(S(N)(=O)=O)n1. The smallest absolute Gasteiger partial charge is 0.267 e. The van der Waals surface area contributed by atoms with Crippen LogP contribution in [0, 0.1) is 0 Å². The van der Waals surface area contributed by atoms with Crippen LogP contribution in [0.15, 0.2) is 15.6 Å².